The Hall–Kier alpha value is -7.82. The first kappa shape index (κ1) is 69.2. The number of phosphoric ester groups is 1. The number of carbonyl (C=O) groups excluding carboxylic acids is 10. The number of guanidine groups is 2. The lowest BCUT2D eigenvalue weighted by Gasteiger charge is -2.27. The molecule has 0 spiro atoms. The molecule has 0 radical (unpaired) electrons. The highest BCUT2D eigenvalue weighted by molar-refractivity contribution is 7.98. The Labute approximate surface area is 454 Å². The van der Waals surface area contributed by atoms with E-state index >= 15 is 0 Å². The summed E-state index contributed by atoms with van der Waals surface area (Å²) in [6, 6.07) is -9.28. The van der Waals surface area contributed by atoms with Crippen LogP contribution in [0, 0.1) is 0 Å². The standard InChI is InChI=1S/C42H68N13O22PS/c1-79-17-14-25(39(70)53-23(6-9-27(43)58)37(68)52-21(5-3-16-49-42(46)47)35(66)50-20(18-56)4-2-15-48-41(44)45)55-38(69)24(8-12-30(62)63)54-36(67)22(7-11-29(60)61)51-28(59)10-13-31(64)75-26(19-57)33-32(65)34(40(71)76-33)77-78(72,73)74/h18,20-26,33,57,65H,2-17,19H2,1H3,(H2,43,58)(H,50,66)(H,51,59)(H,52,68)(H,53,70)(H,54,67)(H,55,69)(H,60,61)(H,62,63)(H4,44,45,48)(H4,46,47,49)(H2,72,73,74). The number of primary amides is 1. The van der Waals surface area contributed by atoms with Crippen molar-refractivity contribution in [3.05, 3.63) is 11.5 Å². The van der Waals surface area contributed by atoms with Gasteiger partial charge in [-0.05, 0) is 63.4 Å². The van der Waals surface area contributed by atoms with E-state index in [0.717, 1.165) is 0 Å². The van der Waals surface area contributed by atoms with Gasteiger partial charge in [-0.15, -0.1) is 0 Å². The van der Waals surface area contributed by atoms with Crippen molar-refractivity contribution in [3.63, 3.8) is 0 Å². The molecule has 0 aromatic carbocycles. The zero-order valence-corrected chi connectivity index (χ0v) is 44.3. The number of phosphoric acid groups is 1. The maximum absolute atomic E-state index is 14.0. The van der Waals surface area contributed by atoms with E-state index in [2.05, 4.69) is 51.1 Å². The van der Waals surface area contributed by atoms with Crippen LogP contribution >= 0.6 is 19.6 Å². The number of thioether (sulfide) groups is 1. The lowest BCUT2D eigenvalue weighted by atomic mass is 10.0. The van der Waals surface area contributed by atoms with Gasteiger partial charge in [0.2, 0.25) is 47.5 Å². The summed E-state index contributed by atoms with van der Waals surface area (Å²) in [5, 5.41) is 53.0. The van der Waals surface area contributed by atoms with Crippen LogP contribution in [0.25, 0.3) is 0 Å². The summed E-state index contributed by atoms with van der Waals surface area (Å²) in [7, 11) is -5.40. The number of carbonyl (C=O) groups is 12. The van der Waals surface area contributed by atoms with E-state index < -0.39 is 191 Å². The topological polar surface area (TPSA) is 598 Å². The maximum atomic E-state index is 14.0. The second-order valence-electron chi connectivity index (χ2n) is 17.0. The number of esters is 2. The number of nitrogens with zero attached hydrogens (tertiary/aromatic N) is 2. The Kier molecular flexibility index (Phi) is 31.2. The molecular weight excluding hydrogens is 1100 g/mol. The fraction of sp³-hybridized carbons (Fsp3) is 0.619. The summed E-state index contributed by atoms with van der Waals surface area (Å²) in [5.74, 6) is -16.1. The summed E-state index contributed by atoms with van der Waals surface area (Å²) >= 11 is 1.20. The minimum Gasteiger partial charge on any atom is -0.505 e. The fourth-order valence-corrected chi connectivity index (χ4v) is 7.67. The molecule has 444 valence electrons. The highest BCUT2D eigenvalue weighted by atomic mass is 32.2. The van der Waals surface area contributed by atoms with Crippen LogP contribution in [0.15, 0.2) is 21.5 Å². The number of amides is 7. The number of ether oxygens (including phenoxy) is 2. The molecule has 0 aromatic heterocycles. The van der Waals surface area contributed by atoms with E-state index in [1.165, 1.54) is 11.8 Å². The number of carboxylic acids is 2. The van der Waals surface area contributed by atoms with Gasteiger partial charge in [-0.2, -0.15) is 11.8 Å². The van der Waals surface area contributed by atoms with Crippen molar-refractivity contribution in [1.29, 1.82) is 0 Å². The van der Waals surface area contributed by atoms with Crippen LogP contribution in [0.1, 0.15) is 83.5 Å². The van der Waals surface area contributed by atoms with Crippen molar-refractivity contribution in [2.75, 3.05) is 31.7 Å². The van der Waals surface area contributed by atoms with E-state index in [1.54, 1.807) is 6.26 Å². The Morgan fingerprint density at radius 2 is 1.11 bits per heavy atom. The Morgan fingerprint density at radius 3 is 1.54 bits per heavy atom. The largest absolute Gasteiger partial charge is 0.525 e. The minimum atomic E-state index is -5.40. The summed E-state index contributed by atoms with van der Waals surface area (Å²) < 4.78 is 24.9. The number of aliphatic hydroxyl groups excluding tert-OH is 2. The lowest BCUT2D eigenvalue weighted by Crippen LogP contribution is -2.59. The number of cyclic esters (lactones) is 1. The molecule has 0 fully saturated rings. The summed E-state index contributed by atoms with van der Waals surface area (Å²) in [4.78, 5) is 179. The third-order valence-electron chi connectivity index (χ3n) is 10.7. The quantitative estimate of drug-likeness (QED) is 0.00677. The number of hydrogen-bond donors (Lipinski definition) is 17. The molecule has 0 bridgehead atoms. The molecule has 1 heterocycles. The van der Waals surface area contributed by atoms with Crippen LogP contribution in [0.4, 0.5) is 0 Å². The molecule has 1 rings (SSSR count). The predicted octanol–water partition coefficient (Wildman–Crippen LogP) is -6.56. The SMILES string of the molecule is CSCCC(NC(=O)C(CCC(=O)O)NC(=O)C(CCC(=O)O)NC(=O)CCC(=O)OC(CO)C1OC(=O)C(OP(=O)(O)O)=C1O)C(=O)NC(CCC(N)=O)C(=O)NC(CCCN=C(N)N)C(=O)NC(C=O)CCCN=C(N)N. The van der Waals surface area contributed by atoms with Gasteiger partial charge in [-0.25, -0.2) is 9.36 Å². The number of aliphatic carboxylic acids is 2. The predicted molar refractivity (Wildman–Crippen MR) is 272 cm³/mol. The number of nitrogens with two attached hydrogens (primary N) is 5. The van der Waals surface area contributed by atoms with Crippen LogP contribution in [0.3, 0.4) is 0 Å². The van der Waals surface area contributed by atoms with Crippen molar-refractivity contribution in [1.82, 2.24) is 31.9 Å². The molecule has 8 unspecified atom stereocenters. The smallest absolute Gasteiger partial charge is 0.505 e. The van der Waals surface area contributed by atoms with Gasteiger partial charge in [-0.3, -0.25) is 67.7 Å². The number of aldehydes is 1. The second kappa shape index (κ2) is 35.6. The van der Waals surface area contributed by atoms with Crippen molar-refractivity contribution in [2.45, 2.75) is 132 Å². The first-order valence-corrected chi connectivity index (χ1v) is 26.7. The highest BCUT2D eigenvalue weighted by Crippen LogP contribution is 2.42. The van der Waals surface area contributed by atoms with Crippen LogP contribution < -0.4 is 60.6 Å². The normalized spacial score (nSPS) is 15.6. The Bertz CT molecular complexity index is 2330. The van der Waals surface area contributed by atoms with Gasteiger partial charge in [0, 0.05) is 38.8 Å². The monoisotopic (exact) mass is 1170 g/mol. The molecule has 22 N–H and O–H groups in total. The molecule has 0 aromatic rings. The molecule has 79 heavy (non-hydrogen) atoms. The zero-order valence-electron chi connectivity index (χ0n) is 42.6. The van der Waals surface area contributed by atoms with Crippen molar-refractivity contribution in [3.8, 4) is 0 Å². The molecule has 1 aliphatic rings. The summed E-state index contributed by atoms with van der Waals surface area (Å²) in [6.45, 7) is -1.03. The van der Waals surface area contributed by atoms with E-state index in [4.69, 9.17) is 43.2 Å². The van der Waals surface area contributed by atoms with Gasteiger partial charge in [-0.1, -0.05) is 0 Å². The average Bonchev–Trinajstić information content (AvgIpc) is 3.63. The van der Waals surface area contributed by atoms with Gasteiger partial charge in [0.05, 0.1) is 19.1 Å². The number of aliphatic imine (C=N–C) groups is 2. The van der Waals surface area contributed by atoms with Gasteiger partial charge in [0.15, 0.2) is 23.8 Å². The van der Waals surface area contributed by atoms with E-state index in [-0.39, 0.29) is 62.9 Å². The molecule has 0 saturated carbocycles. The number of carboxylic acid groups (broad SMARTS) is 2. The molecule has 35 nitrogen and oxygen atoms in total. The fourth-order valence-electron chi connectivity index (χ4n) is 6.79. The molecule has 0 saturated heterocycles. The number of hydrogen-bond acceptors (Lipinski definition) is 21. The average molecular weight is 1170 g/mol. The van der Waals surface area contributed by atoms with Gasteiger partial charge in [0.1, 0.15) is 36.5 Å². The highest BCUT2D eigenvalue weighted by Gasteiger charge is 2.45. The van der Waals surface area contributed by atoms with Crippen LogP contribution in [-0.2, 0) is 76.1 Å². The van der Waals surface area contributed by atoms with Crippen molar-refractivity contribution < 1.29 is 106 Å². The molecule has 1 aliphatic heterocycles. The van der Waals surface area contributed by atoms with E-state index in [9.17, 15) is 82.5 Å². The maximum Gasteiger partial charge on any atom is 0.525 e. The second-order valence-corrected chi connectivity index (χ2v) is 19.1. The van der Waals surface area contributed by atoms with E-state index in [1.807, 2.05) is 0 Å². The van der Waals surface area contributed by atoms with Crippen molar-refractivity contribution >= 4 is 103 Å². The molecule has 8 atom stereocenters. The van der Waals surface area contributed by atoms with Crippen molar-refractivity contribution in [2.24, 2.45) is 38.7 Å². The first-order chi connectivity index (χ1) is 37.0. The Balaban J connectivity index is 3.38. The van der Waals surface area contributed by atoms with Crippen LogP contribution in [0.5, 0.6) is 0 Å². The zero-order chi connectivity index (χ0) is 60.0. The lowest BCUT2D eigenvalue weighted by molar-refractivity contribution is -0.165. The molecule has 0 aliphatic carbocycles. The van der Waals surface area contributed by atoms with Crippen LogP contribution in [-0.4, -0.2) is 194 Å². The number of aliphatic hydroxyl groups is 2. The number of nitrogens with one attached hydrogen (secondary N) is 6. The summed E-state index contributed by atoms with van der Waals surface area (Å²) in [5.41, 5.74) is 26.8. The molecule has 37 heteroatoms. The van der Waals surface area contributed by atoms with Gasteiger partial charge in [0.25, 0.3) is 5.76 Å². The first-order valence-electron chi connectivity index (χ1n) is 23.8. The van der Waals surface area contributed by atoms with Crippen LogP contribution in [0.2, 0.25) is 0 Å². The minimum absolute atomic E-state index is 0.00238. The molecular formula is C42H68N13O22PS. The summed E-state index contributed by atoms with van der Waals surface area (Å²) in [6.07, 6.45) is -7.18. The van der Waals surface area contributed by atoms with Gasteiger partial charge >= 0.3 is 31.7 Å². The third-order valence-corrected chi connectivity index (χ3v) is 11.7. The Morgan fingerprint density at radius 1 is 0.671 bits per heavy atom. The molecule has 7 amide bonds. The van der Waals surface area contributed by atoms with E-state index in [0.29, 0.717) is 6.29 Å². The third kappa shape index (κ3) is 28.4. The van der Waals surface area contributed by atoms with Gasteiger partial charge < -0.3 is 99.8 Å². The number of rotatable bonds is 40.